The van der Waals surface area contributed by atoms with Crippen LogP contribution >= 0.6 is 0 Å². The van der Waals surface area contributed by atoms with Gasteiger partial charge in [0.05, 0.1) is 28.0 Å². The molecular formula is C18H15F2N3O3S. The fourth-order valence-electron chi connectivity index (χ4n) is 2.52. The summed E-state index contributed by atoms with van der Waals surface area (Å²) in [6, 6.07) is 9.05. The van der Waals surface area contributed by atoms with Crippen LogP contribution in [0.25, 0.3) is 5.69 Å². The molecule has 140 valence electrons. The zero-order valence-corrected chi connectivity index (χ0v) is 15.2. The predicted molar refractivity (Wildman–Crippen MR) is 95.7 cm³/mol. The molecule has 9 heteroatoms. The summed E-state index contributed by atoms with van der Waals surface area (Å²) in [5.74, 6) is -1.99. The molecule has 0 aliphatic heterocycles. The van der Waals surface area contributed by atoms with Crippen LogP contribution in [0.2, 0.25) is 0 Å². The topological polar surface area (TPSA) is 81.1 Å². The third-order valence-electron chi connectivity index (χ3n) is 3.95. The molecule has 0 fully saturated rings. The second kappa shape index (κ2) is 6.92. The molecule has 27 heavy (non-hydrogen) atoms. The van der Waals surface area contributed by atoms with Gasteiger partial charge >= 0.3 is 0 Å². The van der Waals surface area contributed by atoms with Crippen molar-refractivity contribution in [3.63, 3.8) is 0 Å². The summed E-state index contributed by atoms with van der Waals surface area (Å²) in [4.78, 5) is 12.4. The Morgan fingerprint density at radius 2 is 1.81 bits per heavy atom. The molecule has 0 saturated heterocycles. The molecule has 1 aromatic heterocycles. The molecule has 0 aliphatic carbocycles. The number of carbonyl (C=O) groups is 1. The Morgan fingerprint density at radius 3 is 2.48 bits per heavy atom. The third-order valence-corrected chi connectivity index (χ3v) is 5.06. The number of halogens is 2. The van der Waals surface area contributed by atoms with Crippen LogP contribution in [0.1, 0.15) is 16.1 Å². The summed E-state index contributed by atoms with van der Waals surface area (Å²) < 4.78 is 52.4. The molecule has 0 unspecified atom stereocenters. The van der Waals surface area contributed by atoms with Crippen molar-refractivity contribution in [2.75, 3.05) is 11.6 Å². The number of hydrogen-bond acceptors (Lipinski definition) is 4. The number of sulfone groups is 1. The molecule has 1 heterocycles. The van der Waals surface area contributed by atoms with Gasteiger partial charge in [-0.15, -0.1) is 0 Å². The lowest BCUT2D eigenvalue weighted by molar-refractivity contribution is 0.102. The molecular weight excluding hydrogens is 376 g/mol. The van der Waals surface area contributed by atoms with Gasteiger partial charge in [0.25, 0.3) is 5.91 Å². The van der Waals surface area contributed by atoms with Crippen molar-refractivity contribution >= 4 is 21.4 Å². The molecule has 2 aromatic carbocycles. The molecule has 6 nitrogen and oxygen atoms in total. The highest BCUT2D eigenvalue weighted by Crippen LogP contribution is 2.22. The number of rotatable bonds is 4. The van der Waals surface area contributed by atoms with Crippen molar-refractivity contribution < 1.29 is 22.0 Å². The van der Waals surface area contributed by atoms with E-state index in [9.17, 15) is 22.0 Å². The molecule has 0 bridgehead atoms. The quantitative estimate of drug-likeness (QED) is 0.693. The Bertz CT molecular complexity index is 1140. The first-order chi connectivity index (χ1) is 12.7. The normalized spacial score (nSPS) is 11.4. The first kappa shape index (κ1) is 18.7. The summed E-state index contributed by atoms with van der Waals surface area (Å²) >= 11 is 0. The van der Waals surface area contributed by atoms with Crippen LogP contribution in [-0.2, 0) is 9.84 Å². The maximum atomic E-state index is 14.0. The first-order valence-electron chi connectivity index (χ1n) is 7.79. The van der Waals surface area contributed by atoms with Gasteiger partial charge in [-0.1, -0.05) is 12.1 Å². The number of carbonyl (C=O) groups excluding carboxylic acids is 1. The number of para-hydroxylation sites is 1. The minimum absolute atomic E-state index is 0.0995. The molecule has 0 saturated carbocycles. The van der Waals surface area contributed by atoms with E-state index in [1.54, 1.807) is 13.0 Å². The first-order valence-corrected chi connectivity index (χ1v) is 9.68. The summed E-state index contributed by atoms with van der Waals surface area (Å²) in [6.07, 6.45) is 2.21. The third kappa shape index (κ3) is 3.72. The van der Waals surface area contributed by atoms with Crippen LogP contribution in [-0.4, -0.2) is 30.4 Å². The minimum atomic E-state index is -3.56. The van der Waals surface area contributed by atoms with Crippen molar-refractivity contribution in [2.24, 2.45) is 0 Å². The lowest BCUT2D eigenvalue weighted by Crippen LogP contribution is -2.15. The van der Waals surface area contributed by atoms with Gasteiger partial charge in [-0.25, -0.2) is 21.9 Å². The predicted octanol–water partition coefficient (Wildman–Crippen LogP) is 3.11. The van der Waals surface area contributed by atoms with Gasteiger partial charge in [-0.2, -0.15) is 5.10 Å². The Kier molecular flexibility index (Phi) is 4.79. The highest BCUT2D eigenvalue weighted by Gasteiger charge is 2.19. The fourth-order valence-corrected chi connectivity index (χ4v) is 3.17. The van der Waals surface area contributed by atoms with E-state index in [0.717, 1.165) is 24.5 Å². The van der Waals surface area contributed by atoms with Gasteiger partial charge in [-0.3, -0.25) is 4.79 Å². The van der Waals surface area contributed by atoms with Crippen molar-refractivity contribution in [3.8, 4) is 5.69 Å². The monoisotopic (exact) mass is 391 g/mol. The molecule has 1 N–H and O–H groups in total. The fraction of sp³-hybridized carbons (Fsp3) is 0.111. The van der Waals surface area contributed by atoms with Crippen LogP contribution in [0, 0.1) is 18.6 Å². The van der Waals surface area contributed by atoms with Crippen LogP contribution < -0.4 is 5.32 Å². The maximum absolute atomic E-state index is 14.0. The van der Waals surface area contributed by atoms with Crippen molar-refractivity contribution in [3.05, 3.63) is 71.6 Å². The zero-order chi connectivity index (χ0) is 19.8. The second-order valence-corrected chi connectivity index (χ2v) is 7.89. The lowest BCUT2D eigenvalue weighted by atomic mass is 10.2. The SMILES string of the molecule is Cc1c(C(=O)Nc2cc(S(C)(=O)=O)ccc2F)cnn1-c1ccccc1F. The van der Waals surface area contributed by atoms with Gasteiger partial charge < -0.3 is 5.32 Å². The van der Waals surface area contributed by atoms with Gasteiger partial charge in [-0.05, 0) is 37.3 Å². The van der Waals surface area contributed by atoms with E-state index >= 15 is 0 Å². The largest absolute Gasteiger partial charge is 0.319 e. The second-order valence-electron chi connectivity index (χ2n) is 5.87. The highest BCUT2D eigenvalue weighted by atomic mass is 32.2. The average molecular weight is 391 g/mol. The van der Waals surface area contributed by atoms with E-state index in [4.69, 9.17) is 0 Å². The van der Waals surface area contributed by atoms with Crippen LogP contribution in [0.5, 0.6) is 0 Å². The van der Waals surface area contributed by atoms with Crippen LogP contribution in [0.3, 0.4) is 0 Å². The number of aromatic nitrogens is 2. The van der Waals surface area contributed by atoms with Crippen LogP contribution in [0.4, 0.5) is 14.5 Å². The molecule has 0 aliphatic rings. The van der Waals surface area contributed by atoms with E-state index in [1.807, 2.05) is 0 Å². The van der Waals surface area contributed by atoms with E-state index in [-0.39, 0.29) is 21.8 Å². The average Bonchev–Trinajstić information content (AvgIpc) is 2.97. The summed E-state index contributed by atoms with van der Waals surface area (Å²) in [5.41, 5.74) is 0.333. The minimum Gasteiger partial charge on any atom is -0.319 e. The molecule has 0 radical (unpaired) electrons. The maximum Gasteiger partial charge on any atom is 0.259 e. The Morgan fingerprint density at radius 1 is 1.11 bits per heavy atom. The van der Waals surface area contributed by atoms with E-state index in [1.165, 1.54) is 29.1 Å². The van der Waals surface area contributed by atoms with Gasteiger partial charge in [0, 0.05) is 6.26 Å². The Balaban J connectivity index is 1.94. The van der Waals surface area contributed by atoms with Gasteiger partial charge in [0.2, 0.25) is 0 Å². The number of nitrogens with zero attached hydrogens (tertiary/aromatic N) is 2. The van der Waals surface area contributed by atoms with Gasteiger partial charge in [0.15, 0.2) is 9.84 Å². The Hall–Kier alpha value is -3.07. The number of anilines is 1. The van der Waals surface area contributed by atoms with Crippen molar-refractivity contribution in [1.29, 1.82) is 0 Å². The number of hydrogen-bond donors (Lipinski definition) is 1. The van der Waals surface area contributed by atoms with E-state index in [2.05, 4.69) is 10.4 Å². The zero-order valence-electron chi connectivity index (χ0n) is 14.4. The lowest BCUT2D eigenvalue weighted by Gasteiger charge is -2.09. The molecule has 1 amide bonds. The summed E-state index contributed by atoms with van der Waals surface area (Å²) in [5, 5.41) is 6.35. The Labute approximate surface area is 154 Å². The summed E-state index contributed by atoms with van der Waals surface area (Å²) in [6.45, 7) is 1.57. The molecule has 0 atom stereocenters. The van der Waals surface area contributed by atoms with Gasteiger partial charge in [0.1, 0.15) is 17.3 Å². The molecule has 3 rings (SSSR count). The number of nitrogens with one attached hydrogen (secondary N) is 1. The summed E-state index contributed by atoms with van der Waals surface area (Å²) in [7, 11) is -3.56. The highest BCUT2D eigenvalue weighted by molar-refractivity contribution is 7.90. The smallest absolute Gasteiger partial charge is 0.259 e. The molecule has 0 spiro atoms. The van der Waals surface area contributed by atoms with Crippen molar-refractivity contribution in [2.45, 2.75) is 11.8 Å². The number of amides is 1. The van der Waals surface area contributed by atoms with Crippen molar-refractivity contribution in [1.82, 2.24) is 9.78 Å². The van der Waals surface area contributed by atoms with E-state index in [0.29, 0.717) is 5.69 Å². The standard InChI is InChI=1S/C18H15F2N3O3S/c1-11-13(10-21-23(11)17-6-4-3-5-15(17)20)18(24)22-16-9-12(27(2,25)26)7-8-14(16)19/h3-10H,1-2H3,(H,22,24). The van der Waals surface area contributed by atoms with Crippen LogP contribution in [0.15, 0.2) is 53.6 Å². The molecule has 3 aromatic rings. The number of benzene rings is 2. The van der Waals surface area contributed by atoms with E-state index < -0.39 is 27.4 Å².